The van der Waals surface area contributed by atoms with Gasteiger partial charge in [0, 0.05) is 17.1 Å². The summed E-state index contributed by atoms with van der Waals surface area (Å²) >= 11 is 2.73. The van der Waals surface area contributed by atoms with E-state index in [1.54, 1.807) is 0 Å². The molecule has 0 aromatic heterocycles. The highest BCUT2D eigenvalue weighted by Crippen LogP contribution is 2.67. The third-order valence-corrected chi connectivity index (χ3v) is 22.8. The van der Waals surface area contributed by atoms with Gasteiger partial charge in [-0.05, 0) is 174 Å². The molecule has 4 aliphatic carbocycles. The Bertz CT molecular complexity index is 1160. The van der Waals surface area contributed by atoms with E-state index in [9.17, 15) is 15.3 Å². The Morgan fingerprint density at radius 2 is 1.04 bits per heavy atom. The summed E-state index contributed by atoms with van der Waals surface area (Å²) in [6, 6.07) is 0. The van der Waals surface area contributed by atoms with Crippen molar-refractivity contribution in [1.82, 2.24) is 0 Å². The molecule has 55 heavy (non-hydrogen) atoms. The molecule has 3 nitrogen and oxygen atoms in total. The lowest BCUT2D eigenvalue weighted by Crippen LogP contribution is -2.63. The van der Waals surface area contributed by atoms with Gasteiger partial charge in [-0.25, -0.2) is 0 Å². The average Bonchev–Trinajstić information content (AvgIpc) is 3.15. The quantitative estimate of drug-likeness (QED) is 0.143. The van der Waals surface area contributed by atoms with E-state index in [4.69, 9.17) is 0 Å². The summed E-state index contributed by atoms with van der Waals surface area (Å²) in [4.78, 5) is 0. The second-order valence-corrected chi connectivity index (χ2v) is 24.1. The van der Waals surface area contributed by atoms with Gasteiger partial charge in [0.25, 0.3) is 0 Å². The normalized spacial score (nSPS) is 50.5. The maximum atomic E-state index is 12.1. The zero-order valence-corrected chi connectivity index (χ0v) is 41.4. The first-order chi connectivity index (χ1) is 25.7. The molecule has 4 rings (SSSR count). The summed E-state index contributed by atoms with van der Waals surface area (Å²) < 4.78 is 0.501. The summed E-state index contributed by atoms with van der Waals surface area (Å²) in [5, 5.41) is 34.2. The topological polar surface area (TPSA) is 60.7 Å². The number of hydrogen-bond donors (Lipinski definition) is 3. The van der Waals surface area contributed by atoms with Crippen molar-refractivity contribution in [3.05, 3.63) is 0 Å². The molecule has 0 spiro atoms. The fourth-order valence-corrected chi connectivity index (χ4v) is 16.6. The molecule has 0 aromatic carbocycles. The predicted octanol–water partition coefficient (Wildman–Crippen LogP) is 12.9. The number of rotatable bonds is 11. The molecule has 4 aliphatic rings. The van der Waals surface area contributed by atoms with Gasteiger partial charge in [0.05, 0.1) is 6.10 Å². The number of aliphatic hydroxyl groups is 3. The Balaban J connectivity index is 1.88. The molecule has 27 unspecified atom stereocenters. The molecule has 4 fully saturated rings. The van der Waals surface area contributed by atoms with Gasteiger partial charge in [-0.1, -0.05) is 147 Å². The van der Waals surface area contributed by atoms with Crippen LogP contribution in [0.4, 0.5) is 0 Å². The van der Waals surface area contributed by atoms with Crippen molar-refractivity contribution in [3.63, 3.8) is 0 Å². The van der Waals surface area contributed by atoms with Gasteiger partial charge in [-0.2, -0.15) is 0 Å². The van der Waals surface area contributed by atoms with Crippen LogP contribution in [0.25, 0.3) is 0 Å². The zero-order valence-electron chi connectivity index (χ0n) is 39.3. The van der Waals surface area contributed by atoms with Crippen molar-refractivity contribution < 1.29 is 15.3 Å². The molecular formula is C51H95IO3. The number of hydrogen-bond acceptors (Lipinski definition) is 3. The zero-order chi connectivity index (χ0) is 41.5. The first-order valence-electron chi connectivity index (χ1n) is 24.2. The third-order valence-electron chi connectivity index (χ3n) is 20.7. The van der Waals surface area contributed by atoms with Crippen LogP contribution in [-0.4, -0.2) is 38.6 Å². The lowest BCUT2D eigenvalue weighted by Gasteiger charge is -2.67. The van der Waals surface area contributed by atoms with Crippen molar-refractivity contribution in [2.24, 2.45) is 148 Å². The van der Waals surface area contributed by atoms with E-state index in [2.05, 4.69) is 140 Å². The summed E-state index contributed by atoms with van der Waals surface area (Å²) in [5.41, 5.74) is 0. The summed E-state index contributed by atoms with van der Waals surface area (Å²) in [5.74, 6) is 14.4. The van der Waals surface area contributed by atoms with Crippen LogP contribution >= 0.6 is 22.6 Å². The van der Waals surface area contributed by atoms with Crippen LogP contribution in [-0.2, 0) is 0 Å². The highest BCUT2D eigenvalue weighted by Gasteiger charge is 2.63. The van der Waals surface area contributed by atoms with Crippen molar-refractivity contribution in [1.29, 1.82) is 0 Å². The van der Waals surface area contributed by atoms with E-state index >= 15 is 0 Å². The van der Waals surface area contributed by atoms with Crippen molar-refractivity contribution in [2.45, 2.75) is 160 Å². The van der Waals surface area contributed by atoms with Gasteiger partial charge < -0.3 is 15.3 Å². The largest absolute Gasteiger partial charge is 0.396 e. The monoisotopic (exact) mass is 883 g/mol. The van der Waals surface area contributed by atoms with E-state index in [1.165, 1.54) is 25.7 Å². The summed E-state index contributed by atoms with van der Waals surface area (Å²) in [6.45, 7) is 43.4. The minimum Gasteiger partial charge on any atom is -0.396 e. The summed E-state index contributed by atoms with van der Waals surface area (Å²) in [7, 11) is 0. The standard InChI is InChI=1S/C51H95IO3/c1-18-25(2)30(7)32(9)36(13)45(55)22-41(23-53)48-40(17)47-39(16)35(12)34(11)38(15)46-37(14)33(10)31(8)26(3)20-43(49(46)50(47)48)42-21-29(6)51(52)44(24-54)28(5)19-27(42)4/h25-51,53-55H,18-24H2,1-17H3. The van der Waals surface area contributed by atoms with Crippen molar-refractivity contribution in [2.75, 3.05) is 13.2 Å². The van der Waals surface area contributed by atoms with E-state index in [1.807, 2.05) is 0 Å². The van der Waals surface area contributed by atoms with E-state index in [0.717, 1.165) is 6.42 Å². The Morgan fingerprint density at radius 3 is 1.55 bits per heavy atom. The van der Waals surface area contributed by atoms with Crippen LogP contribution in [0, 0.1) is 148 Å². The molecule has 0 bridgehead atoms. The van der Waals surface area contributed by atoms with E-state index < -0.39 is 0 Å². The summed E-state index contributed by atoms with van der Waals surface area (Å²) in [6.07, 6.45) is 5.35. The van der Waals surface area contributed by atoms with Gasteiger partial charge in [0.1, 0.15) is 0 Å². The van der Waals surface area contributed by atoms with Gasteiger partial charge in [0.15, 0.2) is 0 Å². The molecule has 0 amide bonds. The fraction of sp³-hybridized carbons (Fsp3) is 1.00. The minimum atomic E-state index is -0.384. The van der Waals surface area contributed by atoms with Crippen LogP contribution in [0.1, 0.15) is 150 Å². The molecule has 324 valence electrons. The van der Waals surface area contributed by atoms with Gasteiger partial charge in [-0.3, -0.25) is 0 Å². The predicted molar refractivity (Wildman–Crippen MR) is 245 cm³/mol. The number of alkyl halides is 1. The molecule has 0 saturated heterocycles. The Morgan fingerprint density at radius 1 is 0.527 bits per heavy atom. The molecule has 27 atom stereocenters. The van der Waals surface area contributed by atoms with E-state index in [-0.39, 0.29) is 24.5 Å². The van der Waals surface area contributed by atoms with E-state index in [0.29, 0.717) is 147 Å². The SMILES string of the molecule is CCC(C)C(C)C(C)C(C)C(O)CC(CO)C1C(C)C2C(C)C(C)C(C)C(C)C3C(C)C(C)C(C)C(C)CC(C4CC(C)C(I)C(CO)C(C)CC4C)C3C12. The van der Waals surface area contributed by atoms with Gasteiger partial charge in [0.2, 0.25) is 0 Å². The van der Waals surface area contributed by atoms with Crippen molar-refractivity contribution in [3.8, 4) is 0 Å². The maximum Gasteiger partial charge on any atom is 0.0572 e. The maximum absolute atomic E-state index is 12.1. The van der Waals surface area contributed by atoms with Crippen LogP contribution in [0.5, 0.6) is 0 Å². The molecular weight excluding hydrogens is 787 g/mol. The van der Waals surface area contributed by atoms with Crippen LogP contribution < -0.4 is 0 Å². The minimum absolute atomic E-state index is 0.142. The van der Waals surface area contributed by atoms with Crippen LogP contribution in [0.3, 0.4) is 0 Å². The van der Waals surface area contributed by atoms with Gasteiger partial charge >= 0.3 is 0 Å². The Labute approximate surface area is 357 Å². The highest BCUT2D eigenvalue weighted by atomic mass is 127. The Kier molecular flexibility index (Phi) is 17.5. The third kappa shape index (κ3) is 9.43. The molecule has 4 saturated carbocycles. The first kappa shape index (κ1) is 48.3. The van der Waals surface area contributed by atoms with Crippen LogP contribution in [0.15, 0.2) is 0 Å². The number of halogens is 1. The average molecular weight is 883 g/mol. The second kappa shape index (κ2) is 20.0. The second-order valence-electron chi connectivity index (χ2n) is 22.7. The smallest absolute Gasteiger partial charge is 0.0572 e. The molecule has 0 aliphatic heterocycles. The Hall–Kier alpha value is 0.610. The number of aliphatic hydroxyl groups excluding tert-OH is 3. The molecule has 4 heteroatoms. The number of fused-ring (bicyclic) bond motifs is 3. The van der Waals surface area contributed by atoms with Crippen molar-refractivity contribution >= 4 is 22.6 Å². The molecule has 0 aromatic rings. The van der Waals surface area contributed by atoms with Crippen LogP contribution in [0.2, 0.25) is 0 Å². The molecule has 3 N–H and O–H groups in total. The molecule has 0 radical (unpaired) electrons. The fourth-order valence-electron chi connectivity index (χ4n) is 15.4. The first-order valence-corrected chi connectivity index (χ1v) is 25.5. The highest BCUT2D eigenvalue weighted by molar-refractivity contribution is 14.1. The molecule has 0 heterocycles. The lowest BCUT2D eigenvalue weighted by atomic mass is 9.38. The lowest BCUT2D eigenvalue weighted by molar-refractivity contribution is -0.200. The van der Waals surface area contributed by atoms with Gasteiger partial charge in [-0.15, -0.1) is 0 Å².